The minimum absolute atomic E-state index is 0.0618. The lowest BCUT2D eigenvalue weighted by Gasteiger charge is -2.34. The molecule has 1 saturated heterocycles. The van der Waals surface area contributed by atoms with Crippen LogP contribution in [0, 0.1) is 0 Å². The molecule has 0 bridgehead atoms. The molecular formula is C27H24BrNO4. The average molecular weight is 506 g/mol. The summed E-state index contributed by atoms with van der Waals surface area (Å²) in [7, 11) is 0. The van der Waals surface area contributed by atoms with Gasteiger partial charge in [-0.05, 0) is 52.8 Å². The van der Waals surface area contributed by atoms with Crippen molar-refractivity contribution in [3.8, 4) is 11.1 Å². The minimum Gasteiger partial charge on any atom is -0.479 e. The van der Waals surface area contributed by atoms with Crippen molar-refractivity contribution in [2.24, 2.45) is 0 Å². The Morgan fingerprint density at radius 2 is 1.67 bits per heavy atom. The molecule has 3 aromatic rings. The van der Waals surface area contributed by atoms with Crippen molar-refractivity contribution < 1.29 is 19.4 Å². The minimum atomic E-state index is -1.30. The van der Waals surface area contributed by atoms with Gasteiger partial charge in [-0.3, -0.25) is 4.90 Å². The standard InChI is InChI=1S/C27H24BrNO4/c28-19-8-5-7-18(15-19)16-27(25(30)31)13-6-14-29(27)26(32)33-17-24-22-11-3-1-9-20(22)21-10-2-4-12-23(21)24/h1-5,7-12,15,24H,6,13-14,16-17H2,(H,30,31)/t27-/m0/s1. The second kappa shape index (κ2) is 8.67. The number of amides is 1. The molecule has 1 N–H and O–H groups in total. The van der Waals surface area contributed by atoms with Crippen LogP contribution in [0.1, 0.15) is 35.4 Å². The van der Waals surface area contributed by atoms with Gasteiger partial charge in [0.1, 0.15) is 12.1 Å². The van der Waals surface area contributed by atoms with E-state index in [-0.39, 0.29) is 18.9 Å². The topological polar surface area (TPSA) is 66.8 Å². The lowest BCUT2D eigenvalue weighted by atomic mass is 9.88. The molecule has 33 heavy (non-hydrogen) atoms. The number of nitrogens with zero attached hydrogens (tertiary/aromatic N) is 1. The summed E-state index contributed by atoms with van der Waals surface area (Å²) in [6, 6.07) is 23.9. The van der Waals surface area contributed by atoms with Gasteiger partial charge in [0, 0.05) is 23.4 Å². The predicted molar refractivity (Wildman–Crippen MR) is 129 cm³/mol. The van der Waals surface area contributed by atoms with Gasteiger partial charge in [-0.25, -0.2) is 9.59 Å². The Hall–Kier alpha value is -3.12. The molecule has 1 atom stereocenters. The van der Waals surface area contributed by atoms with E-state index in [0.717, 1.165) is 32.3 Å². The third-order valence-electron chi connectivity index (χ3n) is 6.83. The van der Waals surface area contributed by atoms with Crippen LogP contribution in [0.25, 0.3) is 11.1 Å². The van der Waals surface area contributed by atoms with Crippen molar-refractivity contribution in [3.05, 3.63) is 94.0 Å². The number of hydrogen-bond acceptors (Lipinski definition) is 3. The van der Waals surface area contributed by atoms with Gasteiger partial charge in [-0.15, -0.1) is 0 Å². The Morgan fingerprint density at radius 3 is 2.30 bits per heavy atom. The summed E-state index contributed by atoms with van der Waals surface area (Å²) in [4.78, 5) is 27.1. The number of carboxylic acid groups (broad SMARTS) is 1. The van der Waals surface area contributed by atoms with E-state index in [0.29, 0.717) is 19.4 Å². The fraction of sp³-hybridized carbons (Fsp3) is 0.259. The highest BCUT2D eigenvalue weighted by Crippen LogP contribution is 2.44. The Kier molecular flexibility index (Phi) is 5.71. The second-order valence-corrected chi connectivity index (χ2v) is 9.62. The van der Waals surface area contributed by atoms with Crippen LogP contribution < -0.4 is 0 Å². The molecule has 0 saturated carbocycles. The Labute approximate surface area is 201 Å². The van der Waals surface area contributed by atoms with E-state index in [9.17, 15) is 14.7 Å². The quantitative estimate of drug-likeness (QED) is 0.471. The van der Waals surface area contributed by atoms with Crippen LogP contribution >= 0.6 is 15.9 Å². The normalized spacial score (nSPS) is 19.2. The predicted octanol–water partition coefficient (Wildman–Crippen LogP) is 5.86. The van der Waals surface area contributed by atoms with Crippen LogP contribution in [-0.2, 0) is 16.0 Å². The molecule has 5 nitrogen and oxygen atoms in total. The van der Waals surface area contributed by atoms with E-state index in [4.69, 9.17) is 4.74 Å². The van der Waals surface area contributed by atoms with Gasteiger partial charge in [-0.1, -0.05) is 76.6 Å². The Morgan fingerprint density at radius 1 is 1.00 bits per heavy atom. The number of carboxylic acids is 1. The highest BCUT2D eigenvalue weighted by atomic mass is 79.9. The van der Waals surface area contributed by atoms with E-state index < -0.39 is 17.6 Å². The fourth-order valence-corrected chi connectivity index (χ4v) is 5.73. The summed E-state index contributed by atoms with van der Waals surface area (Å²) in [5, 5.41) is 10.2. The van der Waals surface area contributed by atoms with E-state index in [2.05, 4.69) is 40.2 Å². The number of fused-ring (bicyclic) bond motifs is 3. The van der Waals surface area contributed by atoms with Crippen LogP contribution in [0.15, 0.2) is 77.3 Å². The molecule has 0 spiro atoms. The van der Waals surface area contributed by atoms with Crippen LogP contribution in [-0.4, -0.2) is 40.8 Å². The number of rotatable bonds is 5. The van der Waals surface area contributed by atoms with Gasteiger partial charge in [0.25, 0.3) is 0 Å². The number of hydrogen-bond donors (Lipinski definition) is 1. The molecule has 6 heteroatoms. The molecule has 1 heterocycles. The van der Waals surface area contributed by atoms with Crippen molar-refractivity contribution in [2.75, 3.05) is 13.2 Å². The first-order valence-electron chi connectivity index (χ1n) is 11.1. The number of benzene rings is 3. The molecule has 1 aliphatic carbocycles. The maximum Gasteiger partial charge on any atom is 0.410 e. The Balaban J connectivity index is 1.38. The summed E-state index contributed by atoms with van der Waals surface area (Å²) in [5.74, 6) is -1.05. The number of carbonyl (C=O) groups excluding carboxylic acids is 1. The number of halogens is 1. The first kappa shape index (κ1) is 21.7. The van der Waals surface area contributed by atoms with Gasteiger partial charge < -0.3 is 9.84 Å². The average Bonchev–Trinajstić information content (AvgIpc) is 3.38. The van der Waals surface area contributed by atoms with Crippen molar-refractivity contribution in [1.82, 2.24) is 4.90 Å². The lowest BCUT2D eigenvalue weighted by molar-refractivity contribution is -0.148. The molecular weight excluding hydrogens is 482 g/mol. The SMILES string of the molecule is O=C(OCC1c2ccccc2-c2ccccc21)N1CCC[C@]1(Cc1cccc(Br)c1)C(=O)O. The second-order valence-electron chi connectivity index (χ2n) is 8.70. The maximum atomic E-state index is 13.2. The molecule has 168 valence electrons. The van der Waals surface area contributed by atoms with Crippen molar-refractivity contribution in [2.45, 2.75) is 30.7 Å². The smallest absolute Gasteiger partial charge is 0.410 e. The van der Waals surface area contributed by atoms with Crippen LogP contribution in [0.3, 0.4) is 0 Å². The number of ether oxygens (including phenoxy) is 1. The molecule has 0 unspecified atom stereocenters. The zero-order chi connectivity index (χ0) is 23.0. The first-order chi connectivity index (χ1) is 16.0. The van der Waals surface area contributed by atoms with Crippen LogP contribution in [0.4, 0.5) is 4.79 Å². The van der Waals surface area contributed by atoms with Gasteiger partial charge >= 0.3 is 12.1 Å². The van der Waals surface area contributed by atoms with Crippen LogP contribution in [0.5, 0.6) is 0 Å². The zero-order valence-corrected chi connectivity index (χ0v) is 19.6. The molecule has 0 radical (unpaired) electrons. The number of likely N-dealkylation sites (tertiary alicyclic amines) is 1. The summed E-state index contributed by atoms with van der Waals surface area (Å²) in [6.07, 6.45) is 0.710. The zero-order valence-electron chi connectivity index (χ0n) is 18.0. The van der Waals surface area contributed by atoms with E-state index in [1.54, 1.807) is 0 Å². The molecule has 1 amide bonds. The van der Waals surface area contributed by atoms with E-state index in [1.165, 1.54) is 4.90 Å². The molecule has 5 rings (SSSR count). The number of aliphatic carboxylic acids is 1. The van der Waals surface area contributed by atoms with Gasteiger partial charge in [-0.2, -0.15) is 0 Å². The molecule has 1 fully saturated rings. The summed E-state index contributed by atoms with van der Waals surface area (Å²) in [6.45, 7) is 0.549. The van der Waals surface area contributed by atoms with E-state index >= 15 is 0 Å². The number of carbonyl (C=O) groups is 2. The molecule has 2 aliphatic rings. The molecule has 3 aromatic carbocycles. The van der Waals surface area contributed by atoms with Crippen LogP contribution in [0.2, 0.25) is 0 Å². The fourth-order valence-electron chi connectivity index (χ4n) is 5.28. The third kappa shape index (κ3) is 3.82. The first-order valence-corrected chi connectivity index (χ1v) is 11.9. The van der Waals surface area contributed by atoms with E-state index in [1.807, 2.05) is 48.5 Å². The largest absolute Gasteiger partial charge is 0.479 e. The Bertz CT molecular complexity index is 1180. The van der Waals surface area contributed by atoms with Gasteiger partial charge in [0.05, 0.1) is 0 Å². The highest BCUT2D eigenvalue weighted by molar-refractivity contribution is 9.10. The van der Waals surface area contributed by atoms with Gasteiger partial charge in [0.15, 0.2) is 0 Å². The van der Waals surface area contributed by atoms with Gasteiger partial charge in [0.2, 0.25) is 0 Å². The highest BCUT2D eigenvalue weighted by Gasteiger charge is 2.51. The van der Waals surface area contributed by atoms with Crippen molar-refractivity contribution in [3.63, 3.8) is 0 Å². The summed E-state index contributed by atoms with van der Waals surface area (Å²) in [5.41, 5.74) is 4.14. The maximum absolute atomic E-state index is 13.2. The monoisotopic (exact) mass is 505 g/mol. The lowest BCUT2D eigenvalue weighted by Crippen LogP contribution is -2.54. The summed E-state index contributed by atoms with van der Waals surface area (Å²) < 4.78 is 6.69. The molecule has 1 aliphatic heterocycles. The third-order valence-corrected chi connectivity index (χ3v) is 7.32. The van der Waals surface area contributed by atoms with Crippen molar-refractivity contribution in [1.29, 1.82) is 0 Å². The van der Waals surface area contributed by atoms with Crippen molar-refractivity contribution >= 4 is 28.0 Å². The summed E-state index contributed by atoms with van der Waals surface area (Å²) >= 11 is 3.45. The molecule has 0 aromatic heterocycles.